The molecule has 0 aliphatic carbocycles. The van der Waals surface area contributed by atoms with Crippen molar-refractivity contribution in [2.75, 3.05) is 37.4 Å². The first-order chi connectivity index (χ1) is 15.0. The lowest BCUT2D eigenvalue weighted by Crippen LogP contribution is -2.41. The zero-order chi connectivity index (χ0) is 22.0. The predicted molar refractivity (Wildman–Crippen MR) is 126 cm³/mol. The largest absolute Gasteiger partial charge is 0.371 e. The molecule has 1 aliphatic rings. The van der Waals surface area contributed by atoms with Crippen molar-refractivity contribution in [3.63, 3.8) is 0 Å². The fraction of sp³-hybridized carbons (Fsp3) is 0.400. The summed E-state index contributed by atoms with van der Waals surface area (Å²) in [6.07, 6.45) is 2.36. The van der Waals surface area contributed by atoms with E-state index in [4.69, 9.17) is 0 Å². The van der Waals surface area contributed by atoms with Gasteiger partial charge in [-0.1, -0.05) is 18.2 Å². The van der Waals surface area contributed by atoms with Crippen LogP contribution in [-0.4, -0.2) is 48.3 Å². The monoisotopic (exact) mass is 414 g/mol. The van der Waals surface area contributed by atoms with Crippen LogP contribution in [-0.2, 0) is 6.54 Å². The zero-order valence-electron chi connectivity index (χ0n) is 18.8. The van der Waals surface area contributed by atoms with E-state index in [-0.39, 0.29) is 0 Å². The highest BCUT2D eigenvalue weighted by molar-refractivity contribution is 5.95. The van der Waals surface area contributed by atoms with E-state index in [0.29, 0.717) is 18.2 Å². The third-order valence-corrected chi connectivity index (χ3v) is 6.52. The van der Waals surface area contributed by atoms with Gasteiger partial charge in [0, 0.05) is 42.1 Å². The van der Waals surface area contributed by atoms with Gasteiger partial charge >= 0.3 is 0 Å². The fourth-order valence-electron chi connectivity index (χ4n) is 4.42. The molecule has 0 spiro atoms. The lowest BCUT2D eigenvalue weighted by molar-refractivity contribution is 0.249. The van der Waals surface area contributed by atoms with Gasteiger partial charge in [0.15, 0.2) is 5.82 Å². The molecule has 3 aromatic rings. The number of fused-ring (bicyclic) bond motifs is 1. The van der Waals surface area contributed by atoms with Crippen molar-refractivity contribution in [2.45, 2.75) is 39.3 Å². The summed E-state index contributed by atoms with van der Waals surface area (Å²) in [7, 11) is 4.34. The van der Waals surface area contributed by atoms with E-state index in [1.54, 1.807) is 0 Å². The molecular weight excluding hydrogens is 384 g/mol. The summed E-state index contributed by atoms with van der Waals surface area (Å²) in [5.74, 6) is 0.785. The third kappa shape index (κ3) is 4.33. The first-order valence-electron chi connectivity index (χ1n) is 10.9. The number of nitriles is 1. The van der Waals surface area contributed by atoms with Crippen LogP contribution >= 0.6 is 0 Å². The maximum absolute atomic E-state index is 9.30. The molecule has 0 saturated carbocycles. The van der Waals surface area contributed by atoms with Crippen molar-refractivity contribution in [3.8, 4) is 6.07 Å². The van der Waals surface area contributed by atoms with E-state index in [0.717, 1.165) is 46.5 Å². The van der Waals surface area contributed by atoms with Crippen LogP contribution in [0.3, 0.4) is 0 Å². The van der Waals surface area contributed by atoms with Crippen molar-refractivity contribution >= 4 is 22.3 Å². The molecule has 0 amide bonds. The second-order valence-corrected chi connectivity index (χ2v) is 8.60. The summed E-state index contributed by atoms with van der Waals surface area (Å²) in [5, 5.41) is 23.8. The molecule has 1 saturated heterocycles. The molecule has 0 radical (unpaired) electrons. The van der Waals surface area contributed by atoms with Crippen LogP contribution in [0.15, 0.2) is 36.4 Å². The van der Waals surface area contributed by atoms with Crippen LogP contribution in [0.4, 0.5) is 11.5 Å². The fourth-order valence-corrected chi connectivity index (χ4v) is 4.42. The molecule has 1 aromatic heterocycles. The highest BCUT2D eigenvalue weighted by atomic mass is 15.2. The van der Waals surface area contributed by atoms with Gasteiger partial charge in [0.1, 0.15) is 0 Å². The molecule has 160 valence electrons. The minimum atomic E-state index is 0.604. The number of hydrogen-bond donors (Lipinski definition) is 1. The van der Waals surface area contributed by atoms with E-state index >= 15 is 0 Å². The van der Waals surface area contributed by atoms with Crippen LogP contribution in [0.2, 0.25) is 0 Å². The van der Waals surface area contributed by atoms with Crippen molar-refractivity contribution in [3.05, 3.63) is 58.8 Å². The molecule has 6 heteroatoms. The first kappa shape index (κ1) is 21.1. The Morgan fingerprint density at radius 2 is 1.87 bits per heavy atom. The smallest absolute Gasteiger partial charge is 0.156 e. The van der Waals surface area contributed by atoms with Crippen LogP contribution in [0, 0.1) is 25.2 Å². The molecule has 0 atom stereocenters. The summed E-state index contributed by atoms with van der Waals surface area (Å²) < 4.78 is 0. The molecule has 1 N–H and O–H groups in total. The average Bonchev–Trinajstić information content (AvgIpc) is 2.79. The second-order valence-electron chi connectivity index (χ2n) is 8.60. The highest BCUT2D eigenvalue weighted by Gasteiger charge is 2.21. The minimum absolute atomic E-state index is 0.604. The van der Waals surface area contributed by atoms with Gasteiger partial charge in [-0.2, -0.15) is 10.4 Å². The number of aryl methyl sites for hydroxylation is 1. The molecule has 1 aliphatic heterocycles. The summed E-state index contributed by atoms with van der Waals surface area (Å²) in [6.45, 7) is 6.72. The van der Waals surface area contributed by atoms with Gasteiger partial charge in [-0.05, 0) is 70.1 Å². The van der Waals surface area contributed by atoms with E-state index in [9.17, 15) is 5.26 Å². The van der Waals surface area contributed by atoms with E-state index in [1.807, 2.05) is 32.0 Å². The van der Waals surface area contributed by atoms with Crippen LogP contribution < -0.4 is 10.2 Å². The molecule has 4 rings (SSSR count). The van der Waals surface area contributed by atoms with Crippen molar-refractivity contribution in [1.82, 2.24) is 15.1 Å². The predicted octanol–water partition coefficient (Wildman–Crippen LogP) is 4.26. The second kappa shape index (κ2) is 8.91. The molecule has 2 aromatic carbocycles. The number of rotatable bonds is 5. The number of piperidine rings is 1. The number of hydrogen-bond acceptors (Lipinski definition) is 6. The number of anilines is 2. The number of benzene rings is 2. The Hall–Kier alpha value is -3.17. The number of nitrogens with zero attached hydrogens (tertiary/aromatic N) is 5. The Labute approximate surface area is 184 Å². The van der Waals surface area contributed by atoms with Crippen molar-refractivity contribution in [2.24, 2.45) is 0 Å². The van der Waals surface area contributed by atoms with Gasteiger partial charge < -0.3 is 15.1 Å². The first-order valence-corrected chi connectivity index (χ1v) is 10.9. The summed E-state index contributed by atoms with van der Waals surface area (Å²) in [6, 6.07) is 15.4. The van der Waals surface area contributed by atoms with Crippen molar-refractivity contribution in [1.29, 1.82) is 5.26 Å². The van der Waals surface area contributed by atoms with Gasteiger partial charge in [-0.25, -0.2) is 0 Å². The van der Waals surface area contributed by atoms with Crippen LogP contribution in [0.5, 0.6) is 0 Å². The molecule has 0 bridgehead atoms. The minimum Gasteiger partial charge on any atom is -0.371 e. The number of nitrogens with one attached hydrogen (secondary N) is 1. The third-order valence-electron chi connectivity index (χ3n) is 6.52. The van der Waals surface area contributed by atoms with Crippen LogP contribution in [0.25, 0.3) is 10.8 Å². The van der Waals surface area contributed by atoms with Gasteiger partial charge in [0.2, 0.25) is 0 Å². The molecular formula is C25H30N6. The zero-order valence-corrected chi connectivity index (χ0v) is 18.8. The normalized spacial score (nSPS) is 14.8. The lowest BCUT2D eigenvalue weighted by atomic mass is 10.0. The van der Waals surface area contributed by atoms with E-state index < -0.39 is 0 Å². The Kier molecular flexibility index (Phi) is 6.06. The van der Waals surface area contributed by atoms with E-state index in [2.05, 4.69) is 63.7 Å². The molecule has 31 heavy (non-hydrogen) atoms. The highest BCUT2D eigenvalue weighted by Crippen LogP contribution is 2.30. The van der Waals surface area contributed by atoms with Gasteiger partial charge in [-0.15, -0.1) is 5.10 Å². The Morgan fingerprint density at radius 1 is 1.10 bits per heavy atom. The standard InChI is InChI=1S/C25H30N6/c1-17-19(15-26)6-5-7-20(17)16-27-25-24-14-22(8-9-23(24)18(2)28-29-25)31-12-10-21(11-13-31)30(3)4/h5-9,14,21H,10-13,16H2,1-4H3,(H,27,29). The summed E-state index contributed by atoms with van der Waals surface area (Å²) in [4.78, 5) is 4.81. The lowest BCUT2D eigenvalue weighted by Gasteiger charge is -2.36. The number of aromatic nitrogens is 2. The summed E-state index contributed by atoms with van der Waals surface area (Å²) >= 11 is 0. The topological polar surface area (TPSA) is 68.1 Å². The van der Waals surface area contributed by atoms with E-state index in [1.165, 1.54) is 18.5 Å². The van der Waals surface area contributed by atoms with Crippen LogP contribution in [0.1, 0.15) is 35.2 Å². The van der Waals surface area contributed by atoms with Gasteiger partial charge in [0.25, 0.3) is 0 Å². The average molecular weight is 415 g/mol. The molecule has 2 heterocycles. The van der Waals surface area contributed by atoms with Gasteiger partial charge in [0.05, 0.1) is 17.3 Å². The maximum atomic E-state index is 9.30. The quantitative estimate of drug-likeness (QED) is 0.673. The molecule has 1 fully saturated rings. The SMILES string of the molecule is Cc1c(C#N)cccc1CNc1nnc(C)c2ccc(N3CCC(N(C)C)CC3)cc12. The van der Waals surface area contributed by atoms with Gasteiger partial charge in [-0.3, -0.25) is 0 Å². The Bertz CT molecular complexity index is 1120. The molecule has 0 unspecified atom stereocenters. The Morgan fingerprint density at radius 3 is 2.58 bits per heavy atom. The summed E-state index contributed by atoms with van der Waals surface area (Å²) in [5.41, 5.74) is 4.98. The van der Waals surface area contributed by atoms with Crippen molar-refractivity contribution < 1.29 is 0 Å². The Balaban J connectivity index is 1.60. The molecule has 6 nitrogen and oxygen atoms in total. The maximum Gasteiger partial charge on any atom is 0.156 e.